The van der Waals surface area contributed by atoms with Crippen molar-refractivity contribution in [2.75, 3.05) is 6.26 Å². The van der Waals surface area contributed by atoms with Crippen molar-refractivity contribution >= 4 is 67.4 Å². The molecule has 0 spiro atoms. The Hall–Kier alpha value is 0.550. The van der Waals surface area contributed by atoms with E-state index in [1.807, 2.05) is 0 Å². The van der Waals surface area contributed by atoms with Crippen LogP contribution >= 0.6 is 57.3 Å². The molecule has 0 aliphatic rings. The minimum atomic E-state index is 0.599. The van der Waals surface area contributed by atoms with Crippen LogP contribution in [0.2, 0.25) is 0 Å². The molecule has 0 N–H and O–H groups in total. The van der Waals surface area contributed by atoms with Crippen molar-refractivity contribution < 1.29 is 0 Å². The van der Waals surface area contributed by atoms with Gasteiger partial charge in [-0.2, -0.15) is 0 Å². The van der Waals surface area contributed by atoms with Crippen molar-refractivity contribution in [1.82, 2.24) is 0 Å². The molecular weight excluding hydrogens is 347 g/mol. The van der Waals surface area contributed by atoms with E-state index in [-0.39, 0.29) is 0 Å². The fourth-order valence-corrected chi connectivity index (χ4v) is 4.29. The van der Waals surface area contributed by atoms with E-state index in [1.165, 1.54) is 24.1 Å². The van der Waals surface area contributed by atoms with E-state index in [1.54, 1.807) is 23.1 Å². The fraction of sp³-hybridized carbons (Fsp3) is 0.200. The van der Waals surface area contributed by atoms with Crippen molar-refractivity contribution in [1.29, 1.82) is 0 Å². The second-order valence-corrected chi connectivity index (χ2v) is 6.12. The van der Waals surface area contributed by atoms with E-state index in [0.29, 0.717) is 5.88 Å². The van der Waals surface area contributed by atoms with Gasteiger partial charge < -0.3 is 0 Å². The maximum atomic E-state index is 5.93. The Kier molecular flexibility index (Phi) is 3.63. The van der Waals surface area contributed by atoms with E-state index in [9.17, 15) is 0 Å². The second kappa shape index (κ2) is 4.60. The van der Waals surface area contributed by atoms with E-state index < -0.39 is 0 Å². The number of hydrogen-bond acceptors (Lipinski definition) is 2. The maximum absolute atomic E-state index is 5.93. The van der Waals surface area contributed by atoms with Crippen molar-refractivity contribution in [2.45, 2.75) is 10.8 Å². The molecule has 1 heterocycles. The molecule has 74 valence electrons. The van der Waals surface area contributed by atoms with Crippen LogP contribution in [-0.4, -0.2) is 6.26 Å². The summed E-state index contributed by atoms with van der Waals surface area (Å²) in [5.74, 6) is 0.599. The number of thioether (sulfide) groups is 1. The number of halogens is 2. The SMILES string of the molecule is CSc1csc2c(CCl)cc(I)cc12. The van der Waals surface area contributed by atoms with Crippen LogP contribution < -0.4 is 0 Å². The van der Waals surface area contributed by atoms with Gasteiger partial charge in [0.05, 0.1) is 0 Å². The average molecular weight is 355 g/mol. The molecule has 1 aromatic heterocycles. The standard InChI is InChI=1S/C10H8ClIS2/c1-13-9-5-14-10-6(4-11)2-7(12)3-8(9)10/h2-3,5H,4H2,1H3. The van der Waals surface area contributed by atoms with Crippen LogP contribution in [0.5, 0.6) is 0 Å². The third kappa shape index (κ3) is 1.92. The lowest BCUT2D eigenvalue weighted by Crippen LogP contribution is -1.81. The highest BCUT2D eigenvalue weighted by molar-refractivity contribution is 14.1. The molecule has 0 radical (unpaired) electrons. The third-order valence-electron chi connectivity index (χ3n) is 2.04. The van der Waals surface area contributed by atoms with Crippen LogP contribution in [0, 0.1) is 3.57 Å². The van der Waals surface area contributed by atoms with Gasteiger partial charge in [-0.05, 0) is 46.5 Å². The number of hydrogen-bond donors (Lipinski definition) is 0. The largest absolute Gasteiger partial charge is 0.142 e. The predicted octanol–water partition coefficient (Wildman–Crippen LogP) is 4.97. The second-order valence-electron chi connectivity index (χ2n) is 2.88. The Morgan fingerprint density at radius 2 is 2.29 bits per heavy atom. The zero-order valence-electron chi connectivity index (χ0n) is 7.51. The number of fused-ring (bicyclic) bond motifs is 1. The Balaban J connectivity index is 2.76. The summed E-state index contributed by atoms with van der Waals surface area (Å²) in [5, 5.41) is 3.56. The molecule has 0 unspecified atom stereocenters. The van der Waals surface area contributed by atoms with Crippen molar-refractivity contribution in [3.05, 3.63) is 26.6 Å². The molecule has 4 heteroatoms. The molecule has 0 fully saturated rings. The zero-order valence-corrected chi connectivity index (χ0v) is 12.1. The number of alkyl halides is 1. The van der Waals surface area contributed by atoms with Crippen LogP contribution in [0.1, 0.15) is 5.56 Å². The van der Waals surface area contributed by atoms with E-state index in [2.05, 4.69) is 46.4 Å². The summed E-state index contributed by atoms with van der Waals surface area (Å²) in [6, 6.07) is 4.39. The minimum Gasteiger partial charge on any atom is -0.142 e. The van der Waals surface area contributed by atoms with Gasteiger partial charge in [-0.25, -0.2) is 0 Å². The van der Waals surface area contributed by atoms with Gasteiger partial charge in [-0.1, -0.05) is 0 Å². The Bertz CT molecular complexity index is 464. The summed E-state index contributed by atoms with van der Waals surface area (Å²) in [6.45, 7) is 0. The molecule has 2 aromatic rings. The number of rotatable bonds is 2. The molecule has 0 saturated carbocycles. The van der Waals surface area contributed by atoms with Gasteiger partial charge in [0.2, 0.25) is 0 Å². The van der Waals surface area contributed by atoms with Crippen LogP contribution in [0.3, 0.4) is 0 Å². The van der Waals surface area contributed by atoms with Crippen molar-refractivity contribution in [2.24, 2.45) is 0 Å². The predicted molar refractivity (Wildman–Crippen MR) is 75.9 cm³/mol. The Morgan fingerprint density at radius 3 is 2.93 bits per heavy atom. The van der Waals surface area contributed by atoms with E-state index >= 15 is 0 Å². The van der Waals surface area contributed by atoms with Crippen LogP contribution in [0.25, 0.3) is 10.1 Å². The van der Waals surface area contributed by atoms with Gasteiger partial charge >= 0.3 is 0 Å². The normalized spacial score (nSPS) is 11.1. The van der Waals surface area contributed by atoms with Crippen LogP contribution in [0.15, 0.2) is 22.4 Å². The lowest BCUT2D eigenvalue weighted by Gasteiger charge is -2.01. The van der Waals surface area contributed by atoms with Gasteiger partial charge in [-0.3, -0.25) is 0 Å². The molecule has 14 heavy (non-hydrogen) atoms. The van der Waals surface area contributed by atoms with Gasteiger partial charge in [0.15, 0.2) is 0 Å². The summed E-state index contributed by atoms with van der Waals surface area (Å²) in [7, 11) is 0. The summed E-state index contributed by atoms with van der Waals surface area (Å²) in [6.07, 6.45) is 2.11. The highest BCUT2D eigenvalue weighted by Gasteiger charge is 2.08. The first-order valence-corrected chi connectivity index (χ1v) is 7.77. The van der Waals surface area contributed by atoms with Crippen LogP contribution in [0.4, 0.5) is 0 Å². The lowest BCUT2D eigenvalue weighted by atomic mass is 10.2. The third-order valence-corrected chi connectivity index (χ3v) is 4.95. The first-order valence-electron chi connectivity index (χ1n) is 4.06. The topological polar surface area (TPSA) is 0 Å². The smallest absolute Gasteiger partial charge is 0.0488 e. The monoisotopic (exact) mass is 354 g/mol. The molecule has 0 amide bonds. The molecule has 2 rings (SSSR count). The Labute approximate surface area is 110 Å². The Morgan fingerprint density at radius 1 is 1.50 bits per heavy atom. The maximum Gasteiger partial charge on any atom is 0.0488 e. The first-order chi connectivity index (χ1) is 6.76. The van der Waals surface area contributed by atoms with E-state index in [4.69, 9.17) is 11.6 Å². The molecular formula is C10H8ClIS2. The molecule has 0 aliphatic carbocycles. The van der Waals surface area contributed by atoms with Crippen LogP contribution in [-0.2, 0) is 5.88 Å². The highest BCUT2D eigenvalue weighted by atomic mass is 127. The fourth-order valence-electron chi connectivity index (χ4n) is 1.41. The summed E-state index contributed by atoms with van der Waals surface area (Å²) < 4.78 is 2.60. The summed E-state index contributed by atoms with van der Waals surface area (Å²) >= 11 is 11.9. The van der Waals surface area contributed by atoms with Gasteiger partial charge in [0, 0.05) is 29.8 Å². The highest BCUT2D eigenvalue weighted by Crippen LogP contribution is 2.36. The van der Waals surface area contributed by atoms with Crippen molar-refractivity contribution in [3.8, 4) is 0 Å². The van der Waals surface area contributed by atoms with Gasteiger partial charge in [0.1, 0.15) is 0 Å². The minimum absolute atomic E-state index is 0.599. The van der Waals surface area contributed by atoms with Gasteiger partial charge in [0.25, 0.3) is 0 Å². The molecule has 0 nitrogen and oxygen atoms in total. The van der Waals surface area contributed by atoms with E-state index in [0.717, 1.165) is 0 Å². The summed E-state index contributed by atoms with van der Waals surface area (Å²) in [4.78, 5) is 1.36. The molecule has 0 aliphatic heterocycles. The average Bonchev–Trinajstić information content (AvgIpc) is 2.59. The van der Waals surface area contributed by atoms with Gasteiger partial charge in [-0.15, -0.1) is 34.7 Å². The molecule has 1 aromatic carbocycles. The summed E-state index contributed by atoms with van der Waals surface area (Å²) in [5.41, 5.74) is 1.25. The lowest BCUT2D eigenvalue weighted by molar-refractivity contribution is 1.45. The number of thiophene rings is 1. The quantitative estimate of drug-likeness (QED) is 0.417. The molecule has 0 saturated heterocycles. The zero-order chi connectivity index (χ0) is 10.1. The van der Waals surface area contributed by atoms with Crippen molar-refractivity contribution in [3.63, 3.8) is 0 Å². The number of benzene rings is 1. The molecule has 0 atom stereocenters. The first kappa shape index (κ1) is 11.0. The molecule has 0 bridgehead atoms.